The van der Waals surface area contributed by atoms with Crippen LogP contribution in [-0.2, 0) is 13.3 Å². The second-order valence-electron chi connectivity index (χ2n) is 4.39. The van der Waals surface area contributed by atoms with Gasteiger partial charge in [0, 0.05) is 36.1 Å². The highest BCUT2D eigenvalue weighted by molar-refractivity contribution is 6.60. The summed E-state index contributed by atoms with van der Waals surface area (Å²) in [6.07, 6.45) is 3.78. The lowest BCUT2D eigenvalue weighted by molar-refractivity contribution is 0.0706. The highest BCUT2D eigenvalue weighted by Gasteiger charge is 2.39. The summed E-state index contributed by atoms with van der Waals surface area (Å²) < 4.78 is 17.5. The van der Waals surface area contributed by atoms with Crippen LogP contribution in [0.4, 0.5) is 0 Å². The molecule has 0 bridgehead atoms. The molecule has 0 aromatic carbocycles. The van der Waals surface area contributed by atoms with E-state index >= 15 is 0 Å². The summed E-state index contributed by atoms with van der Waals surface area (Å²) in [5.41, 5.74) is 0.923. The molecule has 0 radical (unpaired) electrons. The summed E-state index contributed by atoms with van der Waals surface area (Å²) in [5, 5.41) is 0. The van der Waals surface area contributed by atoms with Crippen molar-refractivity contribution in [1.82, 2.24) is 0 Å². The van der Waals surface area contributed by atoms with Crippen LogP contribution >= 0.6 is 0 Å². The van der Waals surface area contributed by atoms with Gasteiger partial charge in [-0.05, 0) is 27.2 Å². The SMILES string of the molecule is CCO[Si](CCCC([SiH3])CC)(OCC)OCC. The van der Waals surface area contributed by atoms with Crippen molar-refractivity contribution in [2.24, 2.45) is 0 Å². The van der Waals surface area contributed by atoms with Crippen LogP contribution in [0.3, 0.4) is 0 Å². The van der Waals surface area contributed by atoms with Gasteiger partial charge in [-0.15, -0.1) is 0 Å². The van der Waals surface area contributed by atoms with E-state index in [2.05, 4.69) is 6.92 Å². The zero-order valence-corrected chi connectivity index (χ0v) is 15.3. The molecule has 1 unspecified atom stereocenters. The van der Waals surface area contributed by atoms with Gasteiger partial charge in [0.2, 0.25) is 0 Å². The predicted octanol–water partition coefficient (Wildman–Crippen LogP) is 2.38. The quantitative estimate of drug-likeness (QED) is 0.543. The van der Waals surface area contributed by atoms with Gasteiger partial charge < -0.3 is 13.3 Å². The van der Waals surface area contributed by atoms with Crippen molar-refractivity contribution in [3.8, 4) is 0 Å². The fraction of sp³-hybridized carbons (Fsp3) is 1.00. The first-order valence-electron chi connectivity index (χ1n) is 7.05. The molecule has 0 fully saturated rings. The van der Waals surface area contributed by atoms with Crippen molar-refractivity contribution >= 4 is 19.0 Å². The fourth-order valence-electron chi connectivity index (χ4n) is 1.87. The second kappa shape index (κ2) is 10.3. The van der Waals surface area contributed by atoms with Crippen LogP contribution in [0.25, 0.3) is 0 Å². The van der Waals surface area contributed by atoms with Gasteiger partial charge in [-0.25, -0.2) is 0 Å². The van der Waals surface area contributed by atoms with Crippen LogP contribution < -0.4 is 0 Å². The third-order valence-corrected chi connectivity index (χ3v) is 7.51. The predicted molar refractivity (Wildman–Crippen MR) is 78.7 cm³/mol. The van der Waals surface area contributed by atoms with E-state index in [0.717, 1.165) is 11.6 Å². The van der Waals surface area contributed by atoms with E-state index in [9.17, 15) is 0 Å². The maximum Gasteiger partial charge on any atom is 0.500 e. The molecule has 0 heterocycles. The van der Waals surface area contributed by atoms with Crippen LogP contribution in [0.15, 0.2) is 0 Å². The first kappa shape index (κ1) is 17.3. The van der Waals surface area contributed by atoms with Crippen LogP contribution in [0, 0.1) is 0 Å². The second-order valence-corrected chi connectivity index (χ2v) is 8.75. The van der Waals surface area contributed by atoms with Gasteiger partial charge in [0.05, 0.1) is 0 Å². The smallest absolute Gasteiger partial charge is 0.374 e. The van der Waals surface area contributed by atoms with Gasteiger partial charge in [0.1, 0.15) is 0 Å². The molecular weight excluding hydrogens is 248 g/mol. The average molecular weight is 279 g/mol. The largest absolute Gasteiger partial charge is 0.500 e. The van der Waals surface area contributed by atoms with Crippen LogP contribution in [0.1, 0.15) is 47.0 Å². The van der Waals surface area contributed by atoms with E-state index in [0.29, 0.717) is 19.8 Å². The van der Waals surface area contributed by atoms with Crippen molar-refractivity contribution in [1.29, 1.82) is 0 Å². The first-order chi connectivity index (χ1) is 8.14. The number of hydrogen-bond acceptors (Lipinski definition) is 3. The molecule has 0 aliphatic carbocycles. The molecule has 0 aromatic heterocycles. The van der Waals surface area contributed by atoms with Gasteiger partial charge in [0.15, 0.2) is 0 Å². The Hall–Kier alpha value is 0.314. The minimum absolute atomic E-state index is 0.685. The van der Waals surface area contributed by atoms with Crippen molar-refractivity contribution in [2.45, 2.75) is 58.5 Å². The molecule has 0 aromatic rings. The highest BCUT2D eigenvalue weighted by atomic mass is 28.4. The normalized spacial score (nSPS) is 14.1. The molecule has 5 heteroatoms. The maximum atomic E-state index is 5.83. The Balaban J connectivity index is 4.23. The third-order valence-electron chi connectivity index (χ3n) is 2.97. The average Bonchev–Trinajstić information content (AvgIpc) is 2.30. The van der Waals surface area contributed by atoms with E-state index in [4.69, 9.17) is 13.3 Å². The van der Waals surface area contributed by atoms with Gasteiger partial charge in [0.25, 0.3) is 0 Å². The molecule has 104 valence electrons. The van der Waals surface area contributed by atoms with Crippen molar-refractivity contribution in [2.75, 3.05) is 19.8 Å². The van der Waals surface area contributed by atoms with E-state index in [-0.39, 0.29) is 0 Å². The van der Waals surface area contributed by atoms with Gasteiger partial charge in [-0.1, -0.05) is 25.3 Å². The van der Waals surface area contributed by atoms with Crippen LogP contribution in [0.2, 0.25) is 11.6 Å². The summed E-state index contributed by atoms with van der Waals surface area (Å²) in [7, 11) is -1.07. The van der Waals surface area contributed by atoms with E-state index in [1.54, 1.807) is 0 Å². The lowest BCUT2D eigenvalue weighted by Crippen LogP contribution is -2.45. The molecule has 0 saturated carbocycles. The summed E-state index contributed by atoms with van der Waals surface area (Å²) in [4.78, 5) is 0. The topological polar surface area (TPSA) is 27.7 Å². The molecule has 0 aliphatic heterocycles. The molecule has 0 amide bonds. The first-order valence-corrected chi connectivity index (χ1v) is 10.1. The van der Waals surface area contributed by atoms with Crippen LogP contribution in [-0.4, -0.2) is 38.9 Å². The zero-order chi connectivity index (χ0) is 13.1. The van der Waals surface area contributed by atoms with Crippen molar-refractivity contribution in [3.05, 3.63) is 0 Å². The van der Waals surface area contributed by atoms with Crippen LogP contribution in [0.5, 0.6) is 0 Å². The van der Waals surface area contributed by atoms with Gasteiger partial charge in [-0.2, -0.15) is 0 Å². The lowest BCUT2D eigenvalue weighted by Gasteiger charge is -2.28. The maximum absolute atomic E-state index is 5.83. The Morgan fingerprint density at radius 2 is 1.41 bits per heavy atom. The standard InChI is InChI=1S/C12H30O3Si2/c1-5-12(16)10-9-11-17(13-6-2,14-7-3)15-8-4/h12H,5-11H2,1-4,16H3. The Bertz CT molecular complexity index is 162. The molecule has 17 heavy (non-hydrogen) atoms. The molecule has 0 aliphatic rings. The monoisotopic (exact) mass is 278 g/mol. The summed E-state index contributed by atoms with van der Waals surface area (Å²) in [5.74, 6) is 0. The summed E-state index contributed by atoms with van der Waals surface area (Å²) in [6, 6.07) is 0.973. The summed E-state index contributed by atoms with van der Waals surface area (Å²) >= 11 is 0. The Morgan fingerprint density at radius 1 is 0.941 bits per heavy atom. The Kier molecular flexibility index (Phi) is 10.4. The Labute approximate surface area is 111 Å². The van der Waals surface area contributed by atoms with Gasteiger partial charge in [-0.3, -0.25) is 0 Å². The lowest BCUT2D eigenvalue weighted by atomic mass is 10.2. The van der Waals surface area contributed by atoms with Crippen molar-refractivity contribution < 1.29 is 13.3 Å². The minimum atomic E-state index is -2.36. The number of hydrogen-bond donors (Lipinski definition) is 0. The minimum Gasteiger partial charge on any atom is -0.374 e. The molecule has 0 rings (SSSR count). The number of rotatable bonds is 11. The molecular formula is C12H30O3Si2. The van der Waals surface area contributed by atoms with E-state index in [1.807, 2.05) is 20.8 Å². The third kappa shape index (κ3) is 7.36. The zero-order valence-electron chi connectivity index (χ0n) is 12.3. The molecule has 0 spiro atoms. The molecule has 0 N–H and O–H groups in total. The van der Waals surface area contributed by atoms with Crippen molar-refractivity contribution in [3.63, 3.8) is 0 Å². The highest BCUT2D eigenvalue weighted by Crippen LogP contribution is 2.23. The van der Waals surface area contributed by atoms with E-state index < -0.39 is 8.80 Å². The van der Waals surface area contributed by atoms with Gasteiger partial charge >= 0.3 is 8.80 Å². The fourth-order valence-corrected chi connectivity index (χ4v) is 4.92. The Morgan fingerprint density at radius 3 is 1.76 bits per heavy atom. The van der Waals surface area contributed by atoms with E-state index in [1.165, 1.54) is 29.5 Å². The molecule has 3 nitrogen and oxygen atoms in total. The summed E-state index contributed by atoms with van der Waals surface area (Å²) in [6.45, 7) is 10.4. The molecule has 0 saturated heterocycles. The molecule has 1 atom stereocenters.